The van der Waals surface area contributed by atoms with Crippen molar-refractivity contribution in [3.8, 4) is 0 Å². The number of fused-ring (bicyclic) bond motifs is 1. The van der Waals surface area contributed by atoms with Gasteiger partial charge in [-0.3, -0.25) is 19.2 Å². The van der Waals surface area contributed by atoms with E-state index in [1.807, 2.05) is 0 Å². The topological polar surface area (TPSA) is 161 Å². The maximum Gasteiger partial charge on any atom is 0.259 e. The predicted molar refractivity (Wildman–Crippen MR) is 144 cm³/mol. The number of carbonyl (C=O) groups is 4. The number of aliphatic hydroxyl groups excluding tert-OH is 1. The van der Waals surface area contributed by atoms with Crippen LogP contribution >= 0.6 is 0 Å². The summed E-state index contributed by atoms with van der Waals surface area (Å²) < 4.78 is 5.51. The minimum atomic E-state index is -1.74. The number of hydrogen-bond donors (Lipinski definition) is 4. The third-order valence-electron chi connectivity index (χ3n) is 7.06. The second-order valence-corrected chi connectivity index (χ2v) is 9.70. The quantitative estimate of drug-likeness (QED) is 0.354. The second-order valence-electron chi connectivity index (χ2n) is 9.70. The Morgan fingerprint density at radius 3 is 2.79 bits per heavy atom. The summed E-state index contributed by atoms with van der Waals surface area (Å²) in [4.78, 5) is 58.3. The molecular weight excluding hydrogens is 504 g/mol. The molecule has 2 aliphatic heterocycles. The lowest BCUT2D eigenvalue weighted by Crippen LogP contribution is -2.55. The fourth-order valence-corrected chi connectivity index (χ4v) is 4.77. The van der Waals surface area contributed by atoms with E-state index in [2.05, 4.69) is 10.3 Å². The molecule has 12 heteroatoms. The van der Waals surface area contributed by atoms with Crippen molar-refractivity contribution in [2.75, 3.05) is 55.8 Å². The van der Waals surface area contributed by atoms with Gasteiger partial charge in [0.05, 0.1) is 19.6 Å². The zero-order valence-corrected chi connectivity index (χ0v) is 21.4. The highest BCUT2D eigenvalue weighted by Crippen LogP contribution is 2.25. The van der Waals surface area contributed by atoms with E-state index in [0.717, 1.165) is 10.8 Å². The zero-order chi connectivity index (χ0) is 27.7. The predicted octanol–water partition coefficient (Wildman–Crippen LogP) is 0.325. The second kappa shape index (κ2) is 10.8. The van der Waals surface area contributed by atoms with Gasteiger partial charge in [-0.1, -0.05) is 12.1 Å². The molecule has 2 fully saturated rings. The molecule has 204 valence electrons. The number of benzene rings is 2. The summed E-state index contributed by atoms with van der Waals surface area (Å²) in [7, 11) is 1.71. The number of likely N-dealkylation sites (N-methyl/N-ethyl adjacent to an activating group) is 1. The first kappa shape index (κ1) is 26.2. The van der Waals surface area contributed by atoms with E-state index in [9.17, 15) is 24.3 Å². The molecule has 3 aromatic rings. The van der Waals surface area contributed by atoms with E-state index in [1.165, 1.54) is 9.80 Å². The van der Waals surface area contributed by atoms with E-state index in [-0.39, 0.29) is 37.9 Å². The third-order valence-corrected chi connectivity index (χ3v) is 7.06. The van der Waals surface area contributed by atoms with E-state index >= 15 is 0 Å². The largest absolute Gasteiger partial charge is 0.385 e. The van der Waals surface area contributed by atoms with Crippen LogP contribution in [0.5, 0.6) is 0 Å². The first-order valence-electron chi connectivity index (χ1n) is 12.6. The summed E-state index contributed by atoms with van der Waals surface area (Å²) in [5.74, 6) is -1.12. The van der Waals surface area contributed by atoms with Crippen molar-refractivity contribution in [1.29, 1.82) is 0 Å². The Labute approximate surface area is 224 Å². The molecule has 2 aromatic carbocycles. The molecule has 0 spiro atoms. The highest BCUT2D eigenvalue weighted by Gasteiger charge is 2.39. The van der Waals surface area contributed by atoms with Crippen LogP contribution in [0.2, 0.25) is 0 Å². The molecule has 0 saturated carbocycles. The van der Waals surface area contributed by atoms with Crippen LogP contribution in [0.1, 0.15) is 5.56 Å². The van der Waals surface area contributed by atoms with Crippen molar-refractivity contribution in [3.05, 3.63) is 54.2 Å². The summed E-state index contributed by atoms with van der Waals surface area (Å²) in [5.41, 5.74) is 7.49. The number of nitrogens with one attached hydrogen (secondary N) is 2. The molecular formula is C27H30N6O6. The normalized spacial score (nSPS) is 18.9. The molecule has 1 aromatic heterocycles. The number of nitrogens with zero attached hydrogens (tertiary/aromatic N) is 3. The number of morpholine rings is 1. The Bertz CT molecular complexity index is 1440. The minimum absolute atomic E-state index is 0.0473. The average molecular weight is 535 g/mol. The summed E-state index contributed by atoms with van der Waals surface area (Å²) in [6, 6.07) is 12.0. The Kier molecular flexibility index (Phi) is 7.22. The van der Waals surface area contributed by atoms with Crippen LogP contribution in [0, 0.1) is 0 Å². The average Bonchev–Trinajstić information content (AvgIpc) is 3.29. The number of nitrogen functional groups attached to an aromatic ring is 1. The number of amides is 4. The molecule has 0 radical (unpaired) electrons. The fraction of sp³-hybridized carbons (Fsp3) is 0.333. The van der Waals surface area contributed by atoms with Gasteiger partial charge in [0.25, 0.3) is 11.8 Å². The molecule has 2 aliphatic rings. The lowest BCUT2D eigenvalue weighted by molar-refractivity contribution is -0.150. The molecule has 39 heavy (non-hydrogen) atoms. The highest BCUT2D eigenvalue weighted by atomic mass is 16.5. The Hall–Kier alpha value is -4.42. The van der Waals surface area contributed by atoms with Gasteiger partial charge in [-0.2, -0.15) is 0 Å². The number of nitrogens with two attached hydrogens (primary N) is 1. The molecule has 4 amide bonds. The molecule has 2 atom stereocenters. The van der Waals surface area contributed by atoms with Gasteiger partial charge in [-0.25, -0.2) is 0 Å². The molecule has 0 unspecified atom stereocenters. The molecule has 3 heterocycles. The standard InChI is InChI=1S/C27H30N6O6/c1-31-7-8-32(15-22(31)35)21(34)12-16-3-2-4-19(11-16)33-9-10-39-24(27(33)38)23(36)26(37)30-18-5-6-20-17(13-18)14-29-25(20)28/h2-6,11,13-14,23-24,29,36H,7-10,12,15,28H2,1H3,(H,30,37)/t23-,24-/m1/s1. The van der Waals surface area contributed by atoms with Crippen molar-refractivity contribution >= 4 is 51.6 Å². The molecule has 5 N–H and O–H groups in total. The van der Waals surface area contributed by atoms with Crippen LogP contribution < -0.4 is 16.0 Å². The van der Waals surface area contributed by atoms with E-state index in [1.54, 1.807) is 60.6 Å². The van der Waals surface area contributed by atoms with Crippen LogP contribution in [0.3, 0.4) is 0 Å². The first-order chi connectivity index (χ1) is 18.7. The van der Waals surface area contributed by atoms with E-state index in [4.69, 9.17) is 10.5 Å². The molecule has 12 nitrogen and oxygen atoms in total. The SMILES string of the molecule is CN1CCN(C(=O)Cc2cccc(N3CCO[C@H]([C@@H](O)C(=O)Nc4ccc5c(N)[nH]cc5c4)C3=O)c2)CC1=O. The summed E-state index contributed by atoms with van der Waals surface area (Å²) in [6.45, 7) is 1.34. The van der Waals surface area contributed by atoms with Gasteiger partial charge >= 0.3 is 0 Å². The number of piperazine rings is 1. The minimum Gasteiger partial charge on any atom is -0.385 e. The van der Waals surface area contributed by atoms with E-state index in [0.29, 0.717) is 35.8 Å². The molecule has 0 bridgehead atoms. The van der Waals surface area contributed by atoms with Gasteiger partial charge in [0.15, 0.2) is 12.2 Å². The number of aliphatic hydroxyl groups is 1. The zero-order valence-electron chi connectivity index (χ0n) is 21.4. The Morgan fingerprint density at radius 1 is 1.18 bits per heavy atom. The van der Waals surface area contributed by atoms with E-state index < -0.39 is 24.0 Å². The number of aromatic nitrogens is 1. The monoisotopic (exact) mass is 534 g/mol. The van der Waals surface area contributed by atoms with Crippen molar-refractivity contribution in [1.82, 2.24) is 14.8 Å². The first-order valence-corrected chi connectivity index (χ1v) is 12.6. The lowest BCUT2D eigenvalue weighted by Gasteiger charge is -2.34. The van der Waals surface area contributed by atoms with Gasteiger partial charge < -0.3 is 40.6 Å². The van der Waals surface area contributed by atoms with Crippen LogP contribution in [0.4, 0.5) is 17.2 Å². The lowest BCUT2D eigenvalue weighted by atomic mass is 10.1. The number of ether oxygens (including phenoxy) is 1. The Morgan fingerprint density at radius 2 is 2.00 bits per heavy atom. The number of H-pyrrole nitrogens is 1. The van der Waals surface area contributed by atoms with Crippen molar-refractivity contribution in [2.45, 2.75) is 18.6 Å². The summed E-state index contributed by atoms with van der Waals surface area (Å²) in [5, 5.41) is 14.9. The number of carbonyl (C=O) groups excluding carboxylic acids is 4. The van der Waals surface area contributed by atoms with Gasteiger partial charge in [0.2, 0.25) is 11.8 Å². The van der Waals surface area contributed by atoms with Crippen LogP contribution in [-0.2, 0) is 30.3 Å². The van der Waals surface area contributed by atoms with Gasteiger partial charge in [0, 0.05) is 55.0 Å². The van der Waals surface area contributed by atoms with Crippen LogP contribution in [0.15, 0.2) is 48.7 Å². The maximum atomic E-state index is 13.3. The smallest absolute Gasteiger partial charge is 0.259 e. The number of anilines is 3. The molecule has 0 aliphatic carbocycles. The highest BCUT2D eigenvalue weighted by molar-refractivity contribution is 6.05. The number of rotatable bonds is 6. The third kappa shape index (κ3) is 5.42. The van der Waals surface area contributed by atoms with Gasteiger partial charge in [-0.05, 0) is 35.9 Å². The van der Waals surface area contributed by atoms with Crippen LogP contribution in [0.25, 0.3) is 10.8 Å². The summed E-state index contributed by atoms with van der Waals surface area (Å²) >= 11 is 0. The molecule has 2 saturated heterocycles. The number of aromatic amines is 1. The van der Waals surface area contributed by atoms with Crippen molar-refractivity contribution < 1.29 is 29.0 Å². The van der Waals surface area contributed by atoms with Gasteiger partial charge in [-0.15, -0.1) is 0 Å². The van der Waals surface area contributed by atoms with Crippen LogP contribution in [-0.4, -0.2) is 95.6 Å². The van der Waals surface area contributed by atoms with Crippen molar-refractivity contribution in [3.63, 3.8) is 0 Å². The van der Waals surface area contributed by atoms with Gasteiger partial charge in [0.1, 0.15) is 5.82 Å². The Balaban J connectivity index is 1.24. The van der Waals surface area contributed by atoms with Crippen molar-refractivity contribution in [2.24, 2.45) is 0 Å². The number of hydrogen-bond acceptors (Lipinski definition) is 7. The summed E-state index contributed by atoms with van der Waals surface area (Å²) in [6.07, 6.45) is -1.36. The fourth-order valence-electron chi connectivity index (χ4n) is 4.77. The maximum absolute atomic E-state index is 13.3. The molecule has 5 rings (SSSR count).